The average Bonchev–Trinajstić information content (AvgIpc) is 2.86. The van der Waals surface area contributed by atoms with Gasteiger partial charge in [0.15, 0.2) is 0 Å². The number of rotatable bonds is 9. The molecule has 0 heterocycles. The molecule has 8 nitrogen and oxygen atoms in total. The quantitative estimate of drug-likeness (QED) is 0.348. The van der Waals surface area contributed by atoms with E-state index in [1.807, 2.05) is 19.1 Å². The molecule has 3 aromatic rings. The second kappa shape index (κ2) is 11.4. The number of hydrogen-bond donors (Lipinski definition) is 2. The van der Waals surface area contributed by atoms with Crippen LogP contribution >= 0.6 is 0 Å². The summed E-state index contributed by atoms with van der Waals surface area (Å²) in [6.45, 7) is 4.60. The molecule has 35 heavy (non-hydrogen) atoms. The number of hydrazone groups is 1. The molecule has 0 radical (unpaired) electrons. The van der Waals surface area contributed by atoms with Crippen LogP contribution in [0, 0.1) is 0 Å². The normalized spacial score (nSPS) is 11.6. The Morgan fingerprint density at radius 1 is 0.914 bits per heavy atom. The fourth-order valence-corrected chi connectivity index (χ4v) is 4.95. The molecular weight excluding hydrogens is 464 g/mol. The Kier molecular flexibility index (Phi) is 8.38. The van der Waals surface area contributed by atoms with E-state index in [2.05, 4.69) is 15.8 Å². The maximum atomic E-state index is 13.5. The van der Waals surface area contributed by atoms with E-state index in [-0.39, 0.29) is 10.8 Å². The smallest absolute Gasteiger partial charge is 0.264 e. The van der Waals surface area contributed by atoms with Crippen LogP contribution in [0.25, 0.3) is 0 Å². The molecule has 3 aromatic carbocycles. The topological polar surface area (TPSA) is 108 Å². The van der Waals surface area contributed by atoms with Gasteiger partial charge in [0, 0.05) is 12.6 Å². The van der Waals surface area contributed by atoms with Crippen LogP contribution in [-0.2, 0) is 26.0 Å². The first-order valence-electron chi connectivity index (χ1n) is 11.1. The Labute approximate surface area is 205 Å². The van der Waals surface area contributed by atoms with Crippen LogP contribution in [0.1, 0.15) is 31.9 Å². The van der Waals surface area contributed by atoms with Gasteiger partial charge in [0.2, 0.25) is 5.91 Å². The highest BCUT2D eigenvalue weighted by Gasteiger charge is 2.28. The van der Waals surface area contributed by atoms with Crippen LogP contribution in [0.5, 0.6) is 0 Å². The first-order chi connectivity index (χ1) is 16.7. The van der Waals surface area contributed by atoms with Gasteiger partial charge < -0.3 is 5.32 Å². The molecule has 0 spiro atoms. The number of anilines is 2. The summed E-state index contributed by atoms with van der Waals surface area (Å²) in [5.41, 5.74) is 5.50. The number of benzene rings is 3. The van der Waals surface area contributed by atoms with E-state index in [9.17, 15) is 18.0 Å². The molecule has 2 N–H and O–H groups in total. The number of carbonyl (C=O) groups is 2. The Balaban J connectivity index is 1.87. The highest BCUT2D eigenvalue weighted by atomic mass is 32.2. The van der Waals surface area contributed by atoms with Crippen molar-refractivity contribution in [1.82, 2.24) is 5.43 Å². The van der Waals surface area contributed by atoms with Gasteiger partial charge in [0.25, 0.3) is 15.9 Å². The van der Waals surface area contributed by atoms with E-state index in [4.69, 9.17) is 0 Å². The minimum Gasteiger partial charge on any atom is -0.326 e. The monoisotopic (exact) mass is 492 g/mol. The highest BCUT2D eigenvalue weighted by Crippen LogP contribution is 2.27. The summed E-state index contributed by atoms with van der Waals surface area (Å²) >= 11 is 0. The van der Waals surface area contributed by atoms with E-state index >= 15 is 0 Å². The van der Waals surface area contributed by atoms with Gasteiger partial charge in [-0.2, -0.15) is 5.10 Å². The molecule has 9 heteroatoms. The standard InChI is InChI=1S/C26H28N4O4S/c1-4-21-11-8-9-16-25(21)30(35(33,34)24-14-6-5-7-15-24)18-26(32)29-28-19(2)22-12-10-13-23(17-22)27-20(3)31/h5-17H,4,18H2,1-3H3,(H,27,31)(H,29,32)/b28-19-. The molecule has 182 valence electrons. The first kappa shape index (κ1) is 25.6. The summed E-state index contributed by atoms with van der Waals surface area (Å²) in [6, 6.07) is 22.1. The Hall–Kier alpha value is -3.98. The molecule has 0 fully saturated rings. The Morgan fingerprint density at radius 2 is 1.60 bits per heavy atom. The molecule has 0 saturated carbocycles. The van der Waals surface area contributed by atoms with Crippen molar-refractivity contribution >= 4 is 38.9 Å². The van der Waals surface area contributed by atoms with Crippen molar-refractivity contribution in [2.75, 3.05) is 16.2 Å². The van der Waals surface area contributed by atoms with Gasteiger partial charge in [-0.3, -0.25) is 13.9 Å². The molecule has 0 atom stereocenters. The molecule has 0 saturated heterocycles. The van der Waals surface area contributed by atoms with Crippen LogP contribution in [0.4, 0.5) is 11.4 Å². The van der Waals surface area contributed by atoms with E-state index in [0.717, 1.165) is 9.87 Å². The third kappa shape index (κ3) is 6.54. The predicted molar refractivity (Wildman–Crippen MR) is 138 cm³/mol. The second-order valence-corrected chi connectivity index (χ2v) is 9.66. The van der Waals surface area contributed by atoms with Crippen molar-refractivity contribution in [2.24, 2.45) is 5.10 Å². The van der Waals surface area contributed by atoms with Gasteiger partial charge in [-0.05, 0) is 54.8 Å². The molecule has 0 unspecified atom stereocenters. The number of nitrogens with zero attached hydrogens (tertiary/aromatic N) is 2. The predicted octanol–water partition coefficient (Wildman–Crippen LogP) is 3.94. The van der Waals surface area contributed by atoms with Crippen LogP contribution in [0.3, 0.4) is 0 Å². The zero-order chi connectivity index (χ0) is 25.4. The van der Waals surface area contributed by atoms with Gasteiger partial charge in [-0.25, -0.2) is 13.8 Å². The Morgan fingerprint density at radius 3 is 2.29 bits per heavy atom. The highest BCUT2D eigenvalue weighted by molar-refractivity contribution is 7.92. The van der Waals surface area contributed by atoms with Gasteiger partial charge in [-0.15, -0.1) is 0 Å². The maximum absolute atomic E-state index is 13.5. The summed E-state index contributed by atoms with van der Waals surface area (Å²) < 4.78 is 28.1. The van der Waals surface area contributed by atoms with Gasteiger partial charge >= 0.3 is 0 Å². The zero-order valence-electron chi connectivity index (χ0n) is 19.9. The minimum absolute atomic E-state index is 0.0909. The Bertz CT molecular complexity index is 1340. The summed E-state index contributed by atoms with van der Waals surface area (Å²) in [6.07, 6.45) is 0.598. The molecule has 2 amide bonds. The number of amides is 2. The SMILES string of the molecule is CCc1ccccc1N(CC(=O)N/N=C(/C)c1cccc(NC(C)=O)c1)S(=O)(=O)c1ccccc1. The summed E-state index contributed by atoms with van der Waals surface area (Å²) in [5, 5.41) is 6.84. The van der Waals surface area contributed by atoms with Crippen LogP contribution < -0.4 is 15.0 Å². The van der Waals surface area contributed by atoms with Gasteiger partial charge in [-0.1, -0.05) is 55.5 Å². The zero-order valence-corrected chi connectivity index (χ0v) is 20.7. The van der Waals surface area contributed by atoms with Gasteiger partial charge in [0.05, 0.1) is 16.3 Å². The van der Waals surface area contributed by atoms with Crippen LogP contribution in [0.15, 0.2) is 88.9 Å². The number of carbonyl (C=O) groups excluding carboxylic acids is 2. The van der Waals surface area contributed by atoms with E-state index in [1.54, 1.807) is 61.5 Å². The van der Waals surface area contributed by atoms with E-state index in [1.165, 1.54) is 19.1 Å². The molecule has 0 aromatic heterocycles. The lowest BCUT2D eigenvalue weighted by Crippen LogP contribution is -2.40. The maximum Gasteiger partial charge on any atom is 0.264 e. The first-order valence-corrected chi connectivity index (χ1v) is 12.5. The lowest BCUT2D eigenvalue weighted by atomic mass is 10.1. The van der Waals surface area contributed by atoms with Crippen molar-refractivity contribution in [3.63, 3.8) is 0 Å². The van der Waals surface area contributed by atoms with Crippen molar-refractivity contribution < 1.29 is 18.0 Å². The molecule has 0 bridgehead atoms. The fourth-order valence-electron chi connectivity index (χ4n) is 3.47. The number of sulfonamides is 1. The summed E-state index contributed by atoms with van der Waals surface area (Å²) in [4.78, 5) is 24.3. The van der Waals surface area contributed by atoms with Crippen molar-refractivity contribution in [1.29, 1.82) is 0 Å². The van der Waals surface area contributed by atoms with Crippen LogP contribution in [0.2, 0.25) is 0 Å². The minimum atomic E-state index is -4.01. The van der Waals surface area contributed by atoms with Crippen molar-refractivity contribution in [3.05, 3.63) is 90.0 Å². The molecular formula is C26H28N4O4S. The average molecular weight is 493 g/mol. The number of hydrogen-bond acceptors (Lipinski definition) is 5. The van der Waals surface area contributed by atoms with Crippen molar-refractivity contribution in [3.8, 4) is 0 Å². The fraction of sp³-hybridized carbons (Fsp3) is 0.192. The van der Waals surface area contributed by atoms with E-state index in [0.29, 0.717) is 29.1 Å². The largest absolute Gasteiger partial charge is 0.326 e. The molecule has 0 aliphatic heterocycles. The lowest BCUT2D eigenvalue weighted by molar-refractivity contribution is -0.119. The molecule has 3 rings (SSSR count). The number of aryl methyl sites for hydroxylation is 1. The van der Waals surface area contributed by atoms with Gasteiger partial charge in [0.1, 0.15) is 6.54 Å². The second-order valence-electron chi connectivity index (χ2n) is 7.80. The number of para-hydroxylation sites is 1. The summed E-state index contributed by atoms with van der Waals surface area (Å²) in [5.74, 6) is -0.787. The number of nitrogens with one attached hydrogen (secondary N) is 2. The van der Waals surface area contributed by atoms with Crippen LogP contribution in [-0.4, -0.2) is 32.5 Å². The molecule has 0 aliphatic rings. The lowest BCUT2D eigenvalue weighted by Gasteiger charge is -2.25. The van der Waals surface area contributed by atoms with Crippen molar-refractivity contribution in [2.45, 2.75) is 32.1 Å². The third-order valence-electron chi connectivity index (χ3n) is 5.21. The van der Waals surface area contributed by atoms with E-state index < -0.39 is 22.5 Å². The summed E-state index contributed by atoms with van der Waals surface area (Å²) in [7, 11) is -4.01. The molecule has 0 aliphatic carbocycles. The third-order valence-corrected chi connectivity index (χ3v) is 6.98.